The third-order valence-electron chi connectivity index (χ3n) is 1.49. The van der Waals surface area contributed by atoms with Gasteiger partial charge in [0, 0.05) is 19.3 Å². The van der Waals surface area contributed by atoms with Gasteiger partial charge in [-0.15, -0.1) is 0 Å². The van der Waals surface area contributed by atoms with Crippen LogP contribution in [0.4, 0.5) is 0 Å². The molecule has 0 heterocycles. The van der Waals surface area contributed by atoms with E-state index in [1.165, 1.54) is 13.8 Å². The van der Waals surface area contributed by atoms with Gasteiger partial charge in [-0.25, -0.2) is 0 Å². The maximum atomic E-state index is 9.81. The van der Waals surface area contributed by atoms with Gasteiger partial charge in [-0.2, -0.15) is 0 Å². The van der Waals surface area contributed by atoms with Gasteiger partial charge in [-0.1, -0.05) is 20.8 Å². The van der Waals surface area contributed by atoms with Gasteiger partial charge in [-0.3, -0.25) is 0 Å². The van der Waals surface area contributed by atoms with Gasteiger partial charge in [0.2, 0.25) is 0 Å². The first-order valence-electron chi connectivity index (χ1n) is 6.50. The smallest absolute Gasteiger partial charge is 0.129 e. The summed E-state index contributed by atoms with van der Waals surface area (Å²) < 4.78 is 0. The summed E-state index contributed by atoms with van der Waals surface area (Å²) in [6.07, 6.45) is 2.00. The van der Waals surface area contributed by atoms with Crippen molar-refractivity contribution in [2.75, 3.05) is 0 Å². The fourth-order valence-corrected chi connectivity index (χ4v) is 0. The SMILES string of the molecule is CC(C)=O.CCC(C)=O.CCC(C)=O.CCC(C)=O. The van der Waals surface area contributed by atoms with Crippen LogP contribution in [0, 0.1) is 0 Å². The van der Waals surface area contributed by atoms with Crippen LogP contribution in [-0.2, 0) is 19.2 Å². The maximum absolute atomic E-state index is 9.81. The monoisotopic (exact) mass is 274 g/mol. The van der Waals surface area contributed by atoms with E-state index in [9.17, 15) is 19.2 Å². The molecule has 114 valence electrons. The van der Waals surface area contributed by atoms with Gasteiger partial charge < -0.3 is 19.2 Å². The second kappa shape index (κ2) is 21.9. The van der Waals surface area contributed by atoms with Crippen molar-refractivity contribution in [3.63, 3.8) is 0 Å². The molecule has 0 aliphatic heterocycles. The van der Waals surface area contributed by atoms with Crippen LogP contribution in [-0.4, -0.2) is 23.1 Å². The van der Waals surface area contributed by atoms with E-state index in [1.54, 1.807) is 20.8 Å². The quantitative estimate of drug-likeness (QED) is 0.789. The summed E-state index contributed by atoms with van der Waals surface area (Å²) in [5.41, 5.74) is 0. The fourth-order valence-electron chi connectivity index (χ4n) is 0. The van der Waals surface area contributed by atoms with Crippen LogP contribution < -0.4 is 0 Å². The van der Waals surface area contributed by atoms with E-state index in [0.717, 1.165) is 0 Å². The highest BCUT2D eigenvalue weighted by atomic mass is 16.1. The molecule has 0 aliphatic rings. The Morgan fingerprint density at radius 1 is 0.526 bits per heavy atom. The Morgan fingerprint density at radius 3 is 0.579 bits per heavy atom. The summed E-state index contributed by atoms with van der Waals surface area (Å²) >= 11 is 0. The Balaban J connectivity index is -0.0000000793. The van der Waals surface area contributed by atoms with Crippen molar-refractivity contribution in [3.8, 4) is 0 Å². The van der Waals surface area contributed by atoms with Crippen molar-refractivity contribution in [3.05, 3.63) is 0 Å². The zero-order valence-corrected chi connectivity index (χ0v) is 13.8. The van der Waals surface area contributed by atoms with E-state index >= 15 is 0 Å². The average Bonchev–Trinajstić information content (AvgIpc) is 2.29. The molecule has 0 atom stereocenters. The summed E-state index contributed by atoms with van der Waals surface area (Å²) in [7, 11) is 0. The molecule has 0 amide bonds. The first-order chi connectivity index (χ1) is 8.54. The molecule has 0 saturated heterocycles. The molecule has 0 unspecified atom stereocenters. The van der Waals surface area contributed by atoms with Gasteiger partial charge in [0.15, 0.2) is 0 Å². The highest BCUT2D eigenvalue weighted by Crippen LogP contribution is 1.72. The van der Waals surface area contributed by atoms with Crippen LogP contribution in [0.1, 0.15) is 74.7 Å². The van der Waals surface area contributed by atoms with Crippen LogP contribution in [0.5, 0.6) is 0 Å². The topological polar surface area (TPSA) is 68.3 Å². The highest BCUT2D eigenvalue weighted by Gasteiger charge is 1.77. The minimum Gasteiger partial charge on any atom is -0.300 e. The Labute approximate surface area is 118 Å². The number of carbonyl (C=O) groups excluding carboxylic acids is 4. The minimum absolute atomic E-state index is 0.167. The number of Topliss-reactive ketones (excluding diaryl/α,β-unsaturated/α-hetero) is 4. The van der Waals surface area contributed by atoms with Gasteiger partial charge in [0.05, 0.1) is 0 Å². The zero-order chi connectivity index (χ0) is 16.4. The van der Waals surface area contributed by atoms with Crippen molar-refractivity contribution in [2.24, 2.45) is 0 Å². The predicted octanol–water partition coefficient (Wildman–Crippen LogP) is 3.55. The Hall–Kier alpha value is -1.32. The third kappa shape index (κ3) is 164. The van der Waals surface area contributed by atoms with E-state index in [2.05, 4.69) is 0 Å². The lowest BCUT2D eigenvalue weighted by atomic mass is 10.4. The normalized spacial score (nSPS) is 7.37. The van der Waals surface area contributed by atoms with E-state index in [1.807, 2.05) is 20.8 Å². The number of rotatable bonds is 3. The minimum atomic E-state index is 0.167. The maximum Gasteiger partial charge on any atom is 0.129 e. The highest BCUT2D eigenvalue weighted by molar-refractivity contribution is 5.75. The number of carbonyl (C=O) groups is 4. The lowest BCUT2D eigenvalue weighted by Crippen LogP contribution is -1.80. The summed E-state index contributed by atoms with van der Waals surface area (Å²) in [4.78, 5) is 38.9. The molecule has 0 aliphatic carbocycles. The van der Waals surface area contributed by atoms with Gasteiger partial charge in [0.25, 0.3) is 0 Å². The molecule has 0 fully saturated rings. The largest absolute Gasteiger partial charge is 0.300 e. The van der Waals surface area contributed by atoms with Crippen LogP contribution in [0.3, 0.4) is 0 Å². The molecular formula is C15H30O4. The summed E-state index contributed by atoms with van der Waals surface area (Å²) in [6.45, 7) is 13.4. The van der Waals surface area contributed by atoms with E-state index in [0.29, 0.717) is 19.3 Å². The van der Waals surface area contributed by atoms with E-state index in [4.69, 9.17) is 0 Å². The molecule has 0 aromatic rings. The molecule has 19 heavy (non-hydrogen) atoms. The summed E-state index contributed by atoms with van der Waals surface area (Å²) in [5.74, 6) is 0.931. The average molecular weight is 274 g/mol. The van der Waals surface area contributed by atoms with Crippen LogP contribution in [0.2, 0.25) is 0 Å². The lowest BCUT2D eigenvalue weighted by Gasteiger charge is -1.71. The summed E-state index contributed by atoms with van der Waals surface area (Å²) in [5, 5.41) is 0. The molecule has 0 spiro atoms. The van der Waals surface area contributed by atoms with Crippen molar-refractivity contribution < 1.29 is 19.2 Å². The number of hydrogen-bond donors (Lipinski definition) is 0. The molecule has 0 bridgehead atoms. The van der Waals surface area contributed by atoms with Gasteiger partial charge >= 0.3 is 0 Å². The Bertz CT molecular complexity index is 218. The number of hydrogen-bond acceptors (Lipinski definition) is 4. The van der Waals surface area contributed by atoms with E-state index in [-0.39, 0.29) is 23.1 Å². The van der Waals surface area contributed by atoms with Crippen LogP contribution in [0.15, 0.2) is 0 Å². The Kier molecular flexibility index (Phi) is 30.3. The van der Waals surface area contributed by atoms with Gasteiger partial charge in [-0.05, 0) is 34.6 Å². The third-order valence-corrected chi connectivity index (χ3v) is 1.49. The number of ketones is 4. The van der Waals surface area contributed by atoms with Gasteiger partial charge in [0.1, 0.15) is 23.1 Å². The van der Waals surface area contributed by atoms with Crippen molar-refractivity contribution in [2.45, 2.75) is 74.7 Å². The molecule has 0 aromatic heterocycles. The molecule has 0 rings (SSSR count). The molecule has 4 nitrogen and oxygen atoms in total. The molecular weight excluding hydrogens is 244 g/mol. The van der Waals surface area contributed by atoms with Crippen molar-refractivity contribution in [1.29, 1.82) is 0 Å². The second-order valence-corrected chi connectivity index (χ2v) is 4.07. The zero-order valence-electron chi connectivity index (χ0n) is 13.8. The fraction of sp³-hybridized carbons (Fsp3) is 0.733. The van der Waals surface area contributed by atoms with E-state index < -0.39 is 0 Å². The molecule has 4 heteroatoms. The van der Waals surface area contributed by atoms with Crippen molar-refractivity contribution in [1.82, 2.24) is 0 Å². The van der Waals surface area contributed by atoms with Crippen LogP contribution >= 0.6 is 0 Å². The molecule has 0 N–H and O–H groups in total. The van der Waals surface area contributed by atoms with Crippen LogP contribution in [0.25, 0.3) is 0 Å². The Morgan fingerprint density at radius 2 is 0.579 bits per heavy atom. The first kappa shape index (κ1) is 26.3. The standard InChI is InChI=1S/3C4H8O.C3H6O/c3*1-3-4(2)5;1-3(2)4/h3*3H2,1-2H3;1-2H3. The molecule has 0 aromatic carbocycles. The second-order valence-electron chi connectivity index (χ2n) is 4.07. The molecule has 0 radical (unpaired) electrons. The lowest BCUT2D eigenvalue weighted by molar-refractivity contribution is -0.117. The summed E-state index contributed by atoms with van der Waals surface area (Å²) in [6, 6.07) is 0. The molecule has 0 saturated carbocycles. The van der Waals surface area contributed by atoms with Crippen molar-refractivity contribution >= 4 is 23.1 Å². The predicted molar refractivity (Wildman–Crippen MR) is 79.3 cm³/mol. The first-order valence-corrected chi connectivity index (χ1v) is 6.50.